The van der Waals surface area contributed by atoms with Gasteiger partial charge in [-0.2, -0.15) is 0 Å². The van der Waals surface area contributed by atoms with Gasteiger partial charge in [-0.15, -0.1) is 0 Å². The zero-order valence-electron chi connectivity index (χ0n) is 11.6. The average molecular weight is 274 g/mol. The Bertz CT molecular complexity index is 464. The number of hydrogen-bond donors (Lipinski definition) is 3. The van der Waals surface area contributed by atoms with E-state index in [0.29, 0.717) is 6.54 Å². The third kappa shape index (κ3) is 2.80. The molecule has 0 radical (unpaired) electrons. The molecule has 3 rings (SSSR count). The van der Waals surface area contributed by atoms with Crippen molar-refractivity contribution < 1.29 is 9.90 Å². The Kier molecular flexibility index (Phi) is 3.92. The maximum atomic E-state index is 12.2. The molecule has 0 bridgehead atoms. The van der Waals surface area contributed by atoms with Crippen molar-refractivity contribution in [3.63, 3.8) is 0 Å². The van der Waals surface area contributed by atoms with Crippen molar-refractivity contribution in [1.29, 1.82) is 0 Å². The molecule has 1 fully saturated rings. The van der Waals surface area contributed by atoms with E-state index in [1.807, 2.05) is 18.2 Å². The van der Waals surface area contributed by atoms with E-state index in [0.717, 1.165) is 37.8 Å². The number of carbonyl (C=O) groups excluding carboxylic acids is 1. The quantitative estimate of drug-likeness (QED) is 0.786. The van der Waals surface area contributed by atoms with E-state index in [4.69, 9.17) is 0 Å². The standard InChI is InChI=1S/C16H22N2O2/c19-15-8-4-2-6-12(15)10-17-16(20)14-9-11-5-1-3-7-13(11)18-14/h1,3,5,7,12,14-15,18-19H,2,4,6,8-10H2,(H,17,20). The summed E-state index contributed by atoms with van der Waals surface area (Å²) >= 11 is 0. The number of anilines is 1. The molecule has 2 aliphatic rings. The summed E-state index contributed by atoms with van der Waals surface area (Å²) in [6, 6.07) is 7.87. The molecule has 4 nitrogen and oxygen atoms in total. The van der Waals surface area contributed by atoms with Crippen LogP contribution in [0.3, 0.4) is 0 Å². The number of para-hydroxylation sites is 1. The Morgan fingerprint density at radius 3 is 2.90 bits per heavy atom. The van der Waals surface area contributed by atoms with Gasteiger partial charge in [-0.1, -0.05) is 31.0 Å². The lowest BCUT2D eigenvalue weighted by Gasteiger charge is -2.28. The van der Waals surface area contributed by atoms with Crippen molar-refractivity contribution in [1.82, 2.24) is 5.32 Å². The van der Waals surface area contributed by atoms with Gasteiger partial charge in [-0.25, -0.2) is 0 Å². The molecular weight excluding hydrogens is 252 g/mol. The third-order valence-corrected chi connectivity index (χ3v) is 4.50. The van der Waals surface area contributed by atoms with Crippen LogP contribution in [-0.2, 0) is 11.2 Å². The molecule has 3 N–H and O–H groups in total. The predicted octanol–water partition coefficient (Wildman–Crippen LogP) is 1.69. The maximum Gasteiger partial charge on any atom is 0.242 e. The number of rotatable bonds is 3. The average Bonchev–Trinajstić information content (AvgIpc) is 2.90. The van der Waals surface area contributed by atoms with Crippen LogP contribution >= 0.6 is 0 Å². The lowest BCUT2D eigenvalue weighted by atomic mass is 9.86. The molecular formula is C16H22N2O2. The number of aliphatic hydroxyl groups excluding tert-OH is 1. The predicted molar refractivity (Wildman–Crippen MR) is 78.5 cm³/mol. The van der Waals surface area contributed by atoms with Crippen LogP contribution in [0.1, 0.15) is 31.2 Å². The number of hydrogen-bond acceptors (Lipinski definition) is 3. The van der Waals surface area contributed by atoms with E-state index < -0.39 is 0 Å². The van der Waals surface area contributed by atoms with Crippen LogP contribution in [-0.4, -0.2) is 29.7 Å². The van der Waals surface area contributed by atoms with Crippen LogP contribution in [0.25, 0.3) is 0 Å². The summed E-state index contributed by atoms with van der Waals surface area (Å²) in [5, 5.41) is 16.2. The van der Waals surface area contributed by atoms with Gasteiger partial charge in [0.25, 0.3) is 0 Å². The molecule has 1 aromatic rings. The number of carbonyl (C=O) groups is 1. The van der Waals surface area contributed by atoms with Gasteiger partial charge in [0.1, 0.15) is 6.04 Å². The molecule has 1 amide bonds. The van der Waals surface area contributed by atoms with Crippen molar-refractivity contribution in [2.45, 2.75) is 44.2 Å². The van der Waals surface area contributed by atoms with Crippen molar-refractivity contribution in [2.75, 3.05) is 11.9 Å². The van der Waals surface area contributed by atoms with E-state index in [1.54, 1.807) is 0 Å². The highest BCUT2D eigenvalue weighted by Gasteiger charge is 2.28. The van der Waals surface area contributed by atoms with Crippen LogP contribution in [0.4, 0.5) is 5.69 Å². The molecule has 1 saturated carbocycles. The second-order valence-corrected chi connectivity index (χ2v) is 5.92. The second-order valence-electron chi connectivity index (χ2n) is 5.92. The van der Waals surface area contributed by atoms with Crippen LogP contribution < -0.4 is 10.6 Å². The third-order valence-electron chi connectivity index (χ3n) is 4.50. The van der Waals surface area contributed by atoms with Crippen LogP contribution in [0.2, 0.25) is 0 Å². The lowest BCUT2D eigenvalue weighted by Crippen LogP contribution is -2.43. The number of fused-ring (bicyclic) bond motifs is 1. The minimum absolute atomic E-state index is 0.0407. The molecule has 20 heavy (non-hydrogen) atoms. The Hall–Kier alpha value is -1.55. The van der Waals surface area contributed by atoms with Crippen molar-refractivity contribution in [3.8, 4) is 0 Å². The monoisotopic (exact) mass is 274 g/mol. The first-order valence-electron chi connectivity index (χ1n) is 7.54. The summed E-state index contributed by atoms with van der Waals surface area (Å²) in [4.78, 5) is 12.2. The number of benzene rings is 1. The Balaban J connectivity index is 1.51. The molecule has 0 saturated heterocycles. The van der Waals surface area contributed by atoms with Gasteiger partial charge in [-0.05, 0) is 24.5 Å². The lowest BCUT2D eigenvalue weighted by molar-refractivity contribution is -0.122. The molecule has 1 aliphatic heterocycles. The van der Waals surface area contributed by atoms with Gasteiger partial charge in [0, 0.05) is 24.6 Å². The number of aliphatic hydroxyl groups is 1. The first kappa shape index (κ1) is 13.4. The van der Waals surface area contributed by atoms with Crippen LogP contribution in [0.15, 0.2) is 24.3 Å². The van der Waals surface area contributed by atoms with E-state index in [2.05, 4.69) is 16.7 Å². The maximum absolute atomic E-state index is 12.2. The fourth-order valence-corrected chi connectivity index (χ4v) is 3.24. The zero-order valence-corrected chi connectivity index (χ0v) is 11.6. The highest BCUT2D eigenvalue weighted by atomic mass is 16.3. The molecule has 4 heteroatoms. The molecule has 108 valence electrons. The van der Waals surface area contributed by atoms with Gasteiger partial charge in [0.2, 0.25) is 5.91 Å². The minimum atomic E-state index is -0.252. The Morgan fingerprint density at radius 2 is 2.10 bits per heavy atom. The highest BCUT2D eigenvalue weighted by Crippen LogP contribution is 2.26. The van der Waals surface area contributed by atoms with Crippen LogP contribution in [0, 0.1) is 5.92 Å². The summed E-state index contributed by atoms with van der Waals surface area (Å²) < 4.78 is 0. The van der Waals surface area contributed by atoms with Gasteiger partial charge in [0.15, 0.2) is 0 Å². The normalized spacial score (nSPS) is 28.6. The summed E-state index contributed by atoms with van der Waals surface area (Å²) in [6.45, 7) is 0.592. The summed E-state index contributed by atoms with van der Waals surface area (Å²) in [5.41, 5.74) is 2.26. The van der Waals surface area contributed by atoms with E-state index in [-0.39, 0.29) is 24.0 Å². The largest absolute Gasteiger partial charge is 0.393 e. The van der Waals surface area contributed by atoms with Crippen molar-refractivity contribution >= 4 is 11.6 Å². The minimum Gasteiger partial charge on any atom is -0.393 e. The Labute approximate surface area is 119 Å². The van der Waals surface area contributed by atoms with E-state index in [9.17, 15) is 9.90 Å². The zero-order chi connectivity index (χ0) is 13.9. The molecule has 1 aliphatic carbocycles. The molecule has 3 atom stereocenters. The molecule has 0 spiro atoms. The fraction of sp³-hybridized carbons (Fsp3) is 0.562. The van der Waals surface area contributed by atoms with E-state index in [1.165, 1.54) is 5.56 Å². The summed E-state index contributed by atoms with van der Waals surface area (Å²) in [5.74, 6) is 0.260. The molecule has 1 heterocycles. The first-order valence-corrected chi connectivity index (χ1v) is 7.54. The van der Waals surface area contributed by atoms with Crippen LogP contribution in [0.5, 0.6) is 0 Å². The highest BCUT2D eigenvalue weighted by molar-refractivity contribution is 5.87. The SMILES string of the molecule is O=C(NCC1CCCCC1O)C1Cc2ccccc2N1. The fourth-order valence-electron chi connectivity index (χ4n) is 3.24. The molecule has 0 aromatic heterocycles. The molecule has 1 aromatic carbocycles. The smallest absolute Gasteiger partial charge is 0.242 e. The number of nitrogens with one attached hydrogen (secondary N) is 2. The Morgan fingerprint density at radius 1 is 1.30 bits per heavy atom. The van der Waals surface area contributed by atoms with Gasteiger partial charge < -0.3 is 15.7 Å². The van der Waals surface area contributed by atoms with Crippen molar-refractivity contribution in [2.24, 2.45) is 5.92 Å². The van der Waals surface area contributed by atoms with Gasteiger partial charge >= 0.3 is 0 Å². The second kappa shape index (κ2) is 5.83. The first-order chi connectivity index (χ1) is 9.74. The number of amides is 1. The summed E-state index contributed by atoms with van der Waals surface area (Å²) in [7, 11) is 0. The van der Waals surface area contributed by atoms with Gasteiger partial charge in [-0.3, -0.25) is 4.79 Å². The molecule has 3 unspecified atom stereocenters. The van der Waals surface area contributed by atoms with E-state index >= 15 is 0 Å². The van der Waals surface area contributed by atoms with Gasteiger partial charge in [0.05, 0.1) is 6.10 Å². The summed E-state index contributed by atoms with van der Waals surface area (Å²) in [6.07, 6.45) is 4.64. The van der Waals surface area contributed by atoms with Crippen molar-refractivity contribution in [3.05, 3.63) is 29.8 Å². The topological polar surface area (TPSA) is 61.4 Å².